The topological polar surface area (TPSA) is 3.24 Å². The maximum absolute atomic E-state index is 2.12. The molecule has 0 saturated heterocycles. The lowest BCUT2D eigenvalue weighted by Gasteiger charge is -2.02. The molecule has 0 unspecified atom stereocenters. The summed E-state index contributed by atoms with van der Waals surface area (Å²) in [5.41, 5.74) is 0. The van der Waals surface area contributed by atoms with E-state index in [-0.39, 0.29) is 37.1 Å². The van der Waals surface area contributed by atoms with Crippen molar-refractivity contribution in [2.24, 2.45) is 0 Å². The molecule has 1 nitrogen and oxygen atoms in total. The van der Waals surface area contributed by atoms with Gasteiger partial charge in [-0.1, -0.05) is 49.3 Å². The maximum atomic E-state index is 2.12. The van der Waals surface area contributed by atoms with Crippen LogP contribution in [0.5, 0.6) is 0 Å². The highest BCUT2D eigenvalue weighted by Gasteiger charge is 1.77. The highest BCUT2D eigenvalue weighted by Crippen LogP contribution is 1.74. The first kappa shape index (κ1) is 41.2. The zero-order chi connectivity index (χ0) is 5.70. The van der Waals surface area contributed by atoms with Crippen molar-refractivity contribution < 1.29 is 0 Å². The van der Waals surface area contributed by atoms with Gasteiger partial charge in [0.1, 0.15) is 0 Å². The fraction of sp³-hybridized carbons (Fsp3) is 0.818. The third-order valence-corrected chi connectivity index (χ3v) is 0.706. The van der Waals surface area contributed by atoms with Crippen molar-refractivity contribution in [1.29, 1.82) is 0 Å². The molecule has 0 fully saturated rings. The average Bonchev–Trinajstić information content (AvgIpc) is 1.61. The molecule has 0 bridgehead atoms. The smallest absolute Gasteiger partial charge is 0.0157 e. The van der Waals surface area contributed by atoms with Gasteiger partial charge < -0.3 is 4.90 Å². The first-order valence-corrected chi connectivity index (χ1v) is 2.53. The van der Waals surface area contributed by atoms with Gasteiger partial charge in [0.15, 0.2) is 0 Å². The average molecular weight is 179 g/mol. The van der Waals surface area contributed by atoms with Gasteiger partial charge >= 0.3 is 0 Å². The highest BCUT2D eigenvalue weighted by molar-refractivity contribution is 4.78. The lowest BCUT2D eigenvalue weighted by Crippen LogP contribution is -2.10. The van der Waals surface area contributed by atoms with Gasteiger partial charge in [0.05, 0.1) is 0 Å². The number of hydrogen-bond donors (Lipinski definition) is 0. The van der Waals surface area contributed by atoms with Crippen LogP contribution in [0.2, 0.25) is 0 Å². The minimum Gasteiger partial charge on any atom is -0.306 e. The summed E-state index contributed by atoms with van der Waals surface area (Å²) >= 11 is 0. The summed E-state index contributed by atoms with van der Waals surface area (Å²) in [5, 5.41) is 0. The monoisotopic (exact) mass is 179 g/mol. The predicted molar refractivity (Wildman–Crippen MR) is 67.0 cm³/mol. The molecule has 0 rings (SSSR count). The van der Waals surface area contributed by atoms with Crippen LogP contribution in [0.25, 0.3) is 0 Å². The fourth-order valence-corrected chi connectivity index (χ4v) is 0.316. The van der Waals surface area contributed by atoms with Crippen molar-refractivity contribution in [3.05, 3.63) is 12.2 Å². The number of rotatable bonds is 2. The first-order chi connectivity index (χ1) is 3.27. The van der Waals surface area contributed by atoms with Crippen LogP contribution in [0.4, 0.5) is 0 Å². The Morgan fingerprint density at radius 3 is 1.33 bits per heavy atom. The van der Waals surface area contributed by atoms with E-state index in [1.165, 1.54) is 0 Å². The van der Waals surface area contributed by atoms with Gasteiger partial charge in [-0.15, -0.1) is 0 Å². The molecule has 0 aliphatic rings. The molecule has 0 amide bonds. The van der Waals surface area contributed by atoms with Crippen molar-refractivity contribution in [1.82, 2.24) is 4.90 Å². The van der Waals surface area contributed by atoms with Crippen molar-refractivity contribution in [2.75, 3.05) is 20.6 Å². The van der Waals surface area contributed by atoms with Crippen LogP contribution in [-0.4, -0.2) is 25.5 Å². The number of nitrogens with zero attached hydrogens (tertiary/aromatic N) is 1. The molecule has 0 aliphatic carbocycles. The quantitative estimate of drug-likeness (QED) is 0.571. The Bertz CT molecular complexity index is 56.0. The Balaban J connectivity index is -0.0000000180. The largest absolute Gasteiger partial charge is 0.306 e. The number of allylic oxidation sites excluding steroid dienone is 1. The van der Waals surface area contributed by atoms with E-state index in [1.54, 1.807) is 0 Å². The van der Waals surface area contributed by atoms with Crippen molar-refractivity contribution >= 4 is 0 Å². The van der Waals surface area contributed by atoms with Crippen LogP contribution in [-0.2, 0) is 0 Å². The van der Waals surface area contributed by atoms with Gasteiger partial charge in [-0.2, -0.15) is 0 Å². The van der Waals surface area contributed by atoms with Crippen molar-refractivity contribution in [3.63, 3.8) is 0 Å². The molecule has 1 heteroatoms. The van der Waals surface area contributed by atoms with Crippen molar-refractivity contribution in [2.45, 2.75) is 44.1 Å². The normalized spacial score (nSPS) is 6.67. The number of likely N-dealkylation sites (N-methyl/N-ethyl adjacent to an activating group) is 1. The van der Waals surface area contributed by atoms with Crippen molar-refractivity contribution in [3.8, 4) is 0 Å². The zero-order valence-electron chi connectivity index (χ0n) is 5.31. The van der Waals surface area contributed by atoms with Gasteiger partial charge in [-0.3, -0.25) is 0 Å². The van der Waals surface area contributed by atoms with Gasteiger partial charge in [0, 0.05) is 6.54 Å². The summed E-state index contributed by atoms with van der Waals surface area (Å²) in [6, 6.07) is 0. The third kappa shape index (κ3) is 53.6. The third-order valence-electron chi connectivity index (χ3n) is 0.706. The predicted octanol–water partition coefficient (Wildman–Crippen LogP) is 4.30. The number of hydrogen-bond acceptors (Lipinski definition) is 1. The van der Waals surface area contributed by atoms with E-state index in [2.05, 4.69) is 31.1 Å². The van der Waals surface area contributed by atoms with E-state index < -0.39 is 0 Å². The molecular weight excluding hydrogens is 146 g/mol. The molecule has 0 aromatic rings. The molecule has 0 aromatic heterocycles. The second-order valence-electron chi connectivity index (χ2n) is 1.83. The molecule has 0 aliphatic heterocycles. The summed E-state index contributed by atoms with van der Waals surface area (Å²) in [5.74, 6) is 0. The lowest BCUT2D eigenvalue weighted by atomic mass is 10.5. The van der Waals surface area contributed by atoms with Crippen LogP contribution in [0.1, 0.15) is 44.1 Å². The summed E-state index contributed by atoms with van der Waals surface area (Å²) in [6.45, 7) is 3.08. The second-order valence-corrected chi connectivity index (χ2v) is 1.83. The minimum atomic E-state index is 0. The molecule has 12 heavy (non-hydrogen) atoms. The molecular formula is C11H33N. The van der Waals surface area contributed by atoms with E-state index >= 15 is 0 Å². The zero-order valence-corrected chi connectivity index (χ0v) is 5.31. The summed E-state index contributed by atoms with van der Waals surface area (Å²) in [7, 11) is 4.11. The summed E-state index contributed by atoms with van der Waals surface area (Å²) in [4.78, 5) is 2.12. The van der Waals surface area contributed by atoms with Gasteiger partial charge in [-0.05, 0) is 21.0 Å². The Labute approximate surface area is 82.5 Å². The van der Waals surface area contributed by atoms with Crippen LogP contribution in [0, 0.1) is 0 Å². The second kappa shape index (κ2) is 31.0. The molecule has 0 radical (unpaired) electrons. The molecule has 82 valence electrons. The molecule has 0 heterocycles. The van der Waals surface area contributed by atoms with Gasteiger partial charge in [-0.25, -0.2) is 0 Å². The van der Waals surface area contributed by atoms with E-state index in [0.29, 0.717) is 0 Å². The highest BCUT2D eigenvalue weighted by atomic mass is 15.0. The Morgan fingerprint density at radius 2 is 1.25 bits per heavy atom. The van der Waals surface area contributed by atoms with Gasteiger partial charge in [0.2, 0.25) is 0 Å². The van der Waals surface area contributed by atoms with E-state index in [1.807, 2.05) is 6.92 Å². The molecule has 0 atom stereocenters. The van der Waals surface area contributed by atoms with Crippen LogP contribution < -0.4 is 0 Å². The maximum Gasteiger partial charge on any atom is 0.0157 e. The molecule has 0 saturated carbocycles. The van der Waals surface area contributed by atoms with Crippen LogP contribution >= 0.6 is 0 Å². The van der Waals surface area contributed by atoms with Gasteiger partial charge in [0.25, 0.3) is 0 Å². The minimum absolute atomic E-state index is 0. The summed E-state index contributed by atoms with van der Waals surface area (Å²) in [6.07, 6.45) is 4.18. The van der Waals surface area contributed by atoms with Crippen LogP contribution in [0.3, 0.4) is 0 Å². The SMILES string of the molecule is C.C.C.C.C.CC=CCN(C)C. The standard InChI is InChI=1S/C6H13N.5CH4/c1-4-5-6-7(2)3;;;;;/h4-5H,6H2,1-3H3;5*1H4. The molecule has 0 N–H and O–H groups in total. The Kier molecular flexibility index (Phi) is 106. The molecule has 0 aromatic carbocycles. The van der Waals surface area contributed by atoms with E-state index in [0.717, 1.165) is 6.54 Å². The lowest BCUT2D eigenvalue weighted by molar-refractivity contribution is 0.456. The van der Waals surface area contributed by atoms with E-state index in [9.17, 15) is 0 Å². The Morgan fingerprint density at radius 1 is 0.917 bits per heavy atom. The van der Waals surface area contributed by atoms with E-state index in [4.69, 9.17) is 0 Å². The summed E-state index contributed by atoms with van der Waals surface area (Å²) < 4.78 is 0. The Hall–Kier alpha value is -0.300. The fourth-order valence-electron chi connectivity index (χ4n) is 0.316. The first-order valence-electron chi connectivity index (χ1n) is 2.53. The van der Waals surface area contributed by atoms with Crippen LogP contribution in [0.15, 0.2) is 12.2 Å². The molecule has 0 spiro atoms.